The molecule has 8 rings (SSSR count). The van der Waals surface area contributed by atoms with Gasteiger partial charge in [-0.1, -0.05) is 39.3 Å². The fourth-order valence-electron chi connectivity index (χ4n) is 12.7. The van der Waals surface area contributed by atoms with Gasteiger partial charge in [-0.25, -0.2) is 0 Å². The van der Waals surface area contributed by atoms with Crippen molar-refractivity contribution in [3.63, 3.8) is 0 Å². The zero-order valence-electron chi connectivity index (χ0n) is 32.7. The summed E-state index contributed by atoms with van der Waals surface area (Å²) < 4.78 is 43.1. The van der Waals surface area contributed by atoms with Crippen molar-refractivity contribution in [3.05, 3.63) is 11.6 Å². The van der Waals surface area contributed by atoms with Crippen LogP contribution in [0.25, 0.3) is 0 Å². The first-order valence-electron chi connectivity index (χ1n) is 20.7. The first-order valence-corrected chi connectivity index (χ1v) is 20.7. The van der Waals surface area contributed by atoms with Gasteiger partial charge in [0.1, 0.15) is 49.3 Å². The van der Waals surface area contributed by atoms with E-state index in [0.717, 1.165) is 45.1 Å². The van der Waals surface area contributed by atoms with Gasteiger partial charge in [0.15, 0.2) is 18.4 Å². The van der Waals surface area contributed by atoms with Crippen LogP contribution in [0.1, 0.15) is 99.3 Å². The normalized spacial score (nSPS) is 55.6. The first kappa shape index (κ1) is 39.6. The summed E-state index contributed by atoms with van der Waals surface area (Å²) in [7, 11) is 0. The molecule has 4 aliphatic heterocycles. The van der Waals surface area contributed by atoms with Crippen molar-refractivity contribution in [2.75, 3.05) is 13.2 Å². The van der Waals surface area contributed by atoms with Crippen LogP contribution < -0.4 is 0 Å². The summed E-state index contributed by atoms with van der Waals surface area (Å²) in [5.41, 5.74) is 1.64. The van der Waals surface area contributed by atoms with Crippen LogP contribution in [-0.2, 0) is 38.0 Å². The topological polar surface area (TPSA) is 183 Å². The van der Waals surface area contributed by atoms with Crippen molar-refractivity contribution in [3.8, 4) is 0 Å². The minimum Gasteiger partial charge on any atom is -0.463 e. The van der Waals surface area contributed by atoms with Crippen molar-refractivity contribution in [1.82, 2.24) is 0 Å². The predicted molar refractivity (Wildman–Crippen MR) is 191 cm³/mol. The van der Waals surface area contributed by atoms with Crippen LogP contribution in [0.2, 0.25) is 0 Å². The average Bonchev–Trinajstić information content (AvgIpc) is 3.58. The number of rotatable bonds is 6. The van der Waals surface area contributed by atoms with E-state index in [4.69, 9.17) is 33.2 Å². The molecule has 0 aromatic rings. The SMILES string of the molecule is CC(=O)OC[C@H]1OC(O[C@H]2CC[C@@]3(C)C(=CC[C@H]4[C@@H]5C[C@@H]6O[C@@]7(CC[C@@H](C)CO7)[C@@H](C)[C@@H]6[C@@]5(C)CC[C@@H]43)C2)[C@H](OC2O[C@@H](C)[C@H](O)[C@@H](O)[C@H]2O)[C@@H](O)[C@@H]1O. The first-order chi connectivity index (χ1) is 25.6. The molecule has 13 nitrogen and oxygen atoms in total. The van der Waals surface area contributed by atoms with Crippen molar-refractivity contribution in [2.45, 2.75) is 179 Å². The molecule has 7 fully saturated rings. The summed E-state index contributed by atoms with van der Waals surface area (Å²) >= 11 is 0. The van der Waals surface area contributed by atoms with E-state index >= 15 is 0 Å². The van der Waals surface area contributed by atoms with E-state index < -0.39 is 73.2 Å². The molecule has 1 spiro atoms. The van der Waals surface area contributed by atoms with Crippen LogP contribution in [-0.4, -0.2) is 124 Å². The van der Waals surface area contributed by atoms with Gasteiger partial charge in [0, 0.05) is 19.3 Å². The average molecular weight is 765 g/mol. The quantitative estimate of drug-likeness (QED) is 0.197. The Morgan fingerprint density at radius 2 is 1.65 bits per heavy atom. The number of aliphatic hydroxyl groups excluding tert-OH is 5. The molecule has 0 bridgehead atoms. The Bertz CT molecular complexity index is 1420. The number of allylic oxidation sites excluding steroid dienone is 1. The highest BCUT2D eigenvalue weighted by atomic mass is 16.8. The summed E-state index contributed by atoms with van der Waals surface area (Å²) in [4.78, 5) is 11.6. The predicted octanol–water partition coefficient (Wildman–Crippen LogP) is 2.96. The Morgan fingerprint density at radius 1 is 0.870 bits per heavy atom. The van der Waals surface area contributed by atoms with Crippen LogP contribution >= 0.6 is 0 Å². The van der Waals surface area contributed by atoms with Gasteiger partial charge in [0.25, 0.3) is 0 Å². The molecule has 54 heavy (non-hydrogen) atoms. The summed E-state index contributed by atoms with van der Waals surface area (Å²) in [6, 6.07) is 0. The van der Waals surface area contributed by atoms with Crippen molar-refractivity contribution in [2.24, 2.45) is 46.3 Å². The second-order valence-electron chi connectivity index (χ2n) is 18.9. The highest BCUT2D eigenvalue weighted by Gasteiger charge is 2.69. The van der Waals surface area contributed by atoms with Gasteiger partial charge in [-0.3, -0.25) is 4.79 Å². The minimum absolute atomic E-state index is 0.0299. The second kappa shape index (κ2) is 14.5. The molecule has 5 N–H and O–H groups in total. The molecule has 2 unspecified atom stereocenters. The van der Waals surface area contributed by atoms with Crippen LogP contribution in [0.4, 0.5) is 0 Å². The summed E-state index contributed by atoms with van der Waals surface area (Å²) in [6.45, 7) is 12.9. The highest BCUT2D eigenvalue weighted by molar-refractivity contribution is 5.65. The summed E-state index contributed by atoms with van der Waals surface area (Å²) in [5, 5.41) is 53.6. The van der Waals surface area contributed by atoms with E-state index in [0.29, 0.717) is 41.9 Å². The molecular formula is C41H64O13. The Labute approximate surface area is 319 Å². The smallest absolute Gasteiger partial charge is 0.302 e. The molecule has 0 aromatic carbocycles. The minimum atomic E-state index is -1.63. The Balaban J connectivity index is 0.973. The number of ether oxygens (including phenoxy) is 7. The zero-order valence-corrected chi connectivity index (χ0v) is 32.7. The van der Waals surface area contributed by atoms with Crippen molar-refractivity contribution < 1.29 is 63.5 Å². The van der Waals surface area contributed by atoms with Gasteiger partial charge in [-0.05, 0) is 98.7 Å². The molecule has 4 heterocycles. The highest BCUT2D eigenvalue weighted by Crippen LogP contribution is 2.70. The van der Waals surface area contributed by atoms with Crippen molar-refractivity contribution in [1.29, 1.82) is 0 Å². The molecule has 13 heteroatoms. The number of hydrogen-bond acceptors (Lipinski definition) is 13. The summed E-state index contributed by atoms with van der Waals surface area (Å²) in [6.07, 6.45) is -2.13. The largest absolute Gasteiger partial charge is 0.463 e. The van der Waals surface area contributed by atoms with Gasteiger partial charge in [0.2, 0.25) is 0 Å². The van der Waals surface area contributed by atoms with Gasteiger partial charge in [-0.2, -0.15) is 0 Å². The Morgan fingerprint density at radius 3 is 2.37 bits per heavy atom. The molecule has 8 aliphatic rings. The van der Waals surface area contributed by atoms with Crippen LogP contribution in [0.3, 0.4) is 0 Å². The van der Waals surface area contributed by atoms with E-state index in [1.165, 1.54) is 32.3 Å². The van der Waals surface area contributed by atoms with E-state index in [2.05, 4.69) is 33.8 Å². The lowest BCUT2D eigenvalue weighted by Crippen LogP contribution is -2.64. The summed E-state index contributed by atoms with van der Waals surface area (Å²) in [5.74, 6) is 2.27. The molecule has 0 radical (unpaired) electrons. The molecule has 0 aromatic heterocycles. The molecule has 4 saturated heterocycles. The molecule has 0 amide bonds. The maximum absolute atomic E-state index is 11.6. The fraction of sp³-hybridized carbons (Fsp3) is 0.927. The number of esters is 1. The van der Waals surface area contributed by atoms with E-state index in [1.54, 1.807) is 0 Å². The maximum atomic E-state index is 11.6. The number of fused-ring (bicyclic) bond motifs is 7. The third-order valence-electron chi connectivity index (χ3n) is 15.8. The lowest BCUT2D eigenvalue weighted by atomic mass is 9.47. The Kier molecular flexibility index (Phi) is 10.7. The number of carbonyl (C=O) groups is 1. The lowest BCUT2D eigenvalue weighted by molar-refractivity contribution is -0.369. The third kappa shape index (κ3) is 6.44. The van der Waals surface area contributed by atoms with E-state index in [-0.39, 0.29) is 29.6 Å². The number of hydrogen-bond donors (Lipinski definition) is 5. The number of carbonyl (C=O) groups excluding carboxylic acids is 1. The van der Waals surface area contributed by atoms with Gasteiger partial charge < -0.3 is 58.7 Å². The van der Waals surface area contributed by atoms with E-state index in [1.807, 2.05) is 0 Å². The van der Waals surface area contributed by atoms with Gasteiger partial charge in [0.05, 0.1) is 24.9 Å². The standard InChI is InChI=1S/C41H64O13/c1-19-9-14-41(49-17-19)20(2)30-28(54-41)16-27-25-8-7-23-15-24(10-12-39(23,5)26(25)11-13-40(27,30)6)51-38-36(34(46)32(44)29(52-38)18-48-22(4)42)53-37-35(47)33(45)31(43)21(3)50-37/h7,19-21,24-38,43-47H,8-18H2,1-6H3/t19-,20+,21+,24+,25-,26+,27+,28+,29-,30+,31+,32-,33-,34+,35-,36-,37?,38?,39+,40+,41+/m1/s1. The van der Waals surface area contributed by atoms with Gasteiger partial charge >= 0.3 is 5.97 Å². The van der Waals surface area contributed by atoms with Crippen LogP contribution in [0, 0.1) is 46.3 Å². The van der Waals surface area contributed by atoms with E-state index in [9.17, 15) is 30.3 Å². The fourth-order valence-corrected chi connectivity index (χ4v) is 12.7. The lowest BCUT2D eigenvalue weighted by Gasteiger charge is -2.58. The van der Waals surface area contributed by atoms with Crippen molar-refractivity contribution >= 4 is 5.97 Å². The van der Waals surface area contributed by atoms with Crippen LogP contribution in [0.15, 0.2) is 11.6 Å². The molecule has 3 saturated carbocycles. The van der Waals surface area contributed by atoms with Crippen LogP contribution in [0.5, 0.6) is 0 Å². The molecular weight excluding hydrogens is 700 g/mol. The maximum Gasteiger partial charge on any atom is 0.302 e. The number of aliphatic hydroxyl groups is 5. The second-order valence-corrected chi connectivity index (χ2v) is 18.9. The molecule has 4 aliphatic carbocycles. The third-order valence-corrected chi connectivity index (χ3v) is 15.8. The van der Waals surface area contributed by atoms with Gasteiger partial charge in [-0.15, -0.1) is 0 Å². The Hall–Kier alpha value is -1.23. The molecule has 21 atom stereocenters. The monoisotopic (exact) mass is 764 g/mol. The molecule has 306 valence electrons. The zero-order chi connectivity index (χ0) is 38.5.